The van der Waals surface area contributed by atoms with E-state index in [1.165, 1.54) is 30.3 Å². The number of aromatic amines is 1. The molecule has 8 nitrogen and oxygen atoms in total. The molecule has 0 aliphatic carbocycles. The monoisotopic (exact) mass is 467 g/mol. The summed E-state index contributed by atoms with van der Waals surface area (Å²) in [6, 6.07) is 16.9. The van der Waals surface area contributed by atoms with Crippen LogP contribution in [0.25, 0.3) is 10.9 Å². The molecular formula is C23H18FN3O5S. The highest BCUT2D eigenvalue weighted by molar-refractivity contribution is 7.92. The van der Waals surface area contributed by atoms with Gasteiger partial charge < -0.3 is 9.72 Å². The first-order chi connectivity index (χ1) is 15.7. The van der Waals surface area contributed by atoms with E-state index >= 15 is 0 Å². The van der Waals surface area contributed by atoms with E-state index in [9.17, 15) is 22.4 Å². The largest absolute Gasteiger partial charge is 0.451 e. The minimum absolute atomic E-state index is 0.00744. The van der Waals surface area contributed by atoms with Gasteiger partial charge in [0.05, 0.1) is 21.4 Å². The van der Waals surface area contributed by atoms with Gasteiger partial charge in [0, 0.05) is 5.69 Å². The Morgan fingerprint density at radius 2 is 1.79 bits per heavy atom. The summed E-state index contributed by atoms with van der Waals surface area (Å²) >= 11 is 0. The first-order valence-electron chi connectivity index (χ1n) is 9.81. The van der Waals surface area contributed by atoms with Gasteiger partial charge in [-0.1, -0.05) is 18.2 Å². The van der Waals surface area contributed by atoms with Crippen molar-refractivity contribution < 1.29 is 22.3 Å². The first-order valence-corrected chi connectivity index (χ1v) is 11.3. The second kappa shape index (κ2) is 8.83. The molecule has 1 aromatic heterocycles. The van der Waals surface area contributed by atoms with Gasteiger partial charge in [0.15, 0.2) is 11.9 Å². The average molecular weight is 467 g/mol. The third-order valence-corrected chi connectivity index (χ3v) is 6.16. The number of carbonyl (C=O) groups is 1. The molecule has 0 spiro atoms. The number of para-hydroxylation sites is 1. The van der Waals surface area contributed by atoms with E-state index in [1.807, 2.05) is 0 Å². The summed E-state index contributed by atoms with van der Waals surface area (Å²) < 4.78 is 46.1. The number of nitrogens with one attached hydrogen (secondary N) is 2. The Bertz CT molecular complexity index is 1500. The third kappa shape index (κ3) is 4.90. The van der Waals surface area contributed by atoms with E-state index < -0.39 is 27.9 Å². The van der Waals surface area contributed by atoms with E-state index in [1.54, 1.807) is 31.2 Å². The number of H-pyrrole nitrogens is 1. The normalized spacial score (nSPS) is 12.3. The van der Waals surface area contributed by atoms with E-state index in [4.69, 9.17) is 4.74 Å². The van der Waals surface area contributed by atoms with Gasteiger partial charge in [0.2, 0.25) is 0 Å². The number of carbonyl (C=O) groups excluding carboxylic acids is 1. The molecule has 1 heterocycles. The third-order valence-electron chi connectivity index (χ3n) is 4.78. The van der Waals surface area contributed by atoms with Crippen LogP contribution in [0.3, 0.4) is 0 Å². The highest BCUT2D eigenvalue weighted by Gasteiger charge is 2.20. The summed E-state index contributed by atoms with van der Waals surface area (Å²) in [5, 5.41) is 0.409. The van der Waals surface area contributed by atoms with E-state index in [0.29, 0.717) is 10.9 Å². The number of esters is 1. The van der Waals surface area contributed by atoms with Crippen LogP contribution in [0.1, 0.15) is 29.2 Å². The van der Waals surface area contributed by atoms with Gasteiger partial charge in [0.25, 0.3) is 15.6 Å². The first kappa shape index (κ1) is 22.2. The molecule has 4 aromatic rings. The maximum Gasteiger partial charge on any atom is 0.338 e. The quantitative estimate of drug-likeness (QED) is 0.417. The van der Waals surface area contributed by atoms with Crippen molar-refractivity contribution in [3.63, 3.8) is 0 Å². The zero-order chi connectivity index (χ0) is 23.6. The van der Waals surface area contributed by atoms with Gasteiger partial charge in [0.1, 0.15) is 5.82 Å². The molecule has 0 radical (unpaired) electrons. The van der Waals surface area contributed by atoms with Gasteiger partial charge >= 0.3 is 5.97 Å². The molecule has 0 amide bonds. The number of nitrogens with zero attached hydrogens (tertiary/aromatic N) is 1. The van der Waals surface area contributed by atoms with Crippen molar-refractivity contribution in [3.8, 4) is 0 Å². The Morgan fingerprint density at radius 1 is 1.06 bits per heavy atom. The number of benzene rings is 3. The molecule has 0 saturated heterocycles. The second-order valence-corrected chi connectivity index (χ2v) is 8.84. The summed E-state index contributed by atoms with van der Waals surface area (Å²) in [5.41, 5.74) is 0.258. The minimum Gasteiger partial charge on any atom is -0.451 e. The van der Waals surface area contributed by atoms with Crippen LogP contribution in [-0.2, 0) is 14.8 Å². The molecule has 0 bridgehead atoms. The smallest absolute Gasteiger partial charge is 0.338 e. The number of halogens is 1. The number of sulfonamides is 1. The van der Waals surface area contributed by atoms with Crippen LogP contribution in [0.15, 0.2) is 82.5 Å². The molecular weight excluding hydrogens is 449 g/mol. The van der Waals surface area contributed by atoms with Crippen molar-refractivity contribution in [2.45, 2.75) is 17.9 Å². The fraction of sp³-hybridized carbons (Fsp3) is 0.0870. The summed E-state index contributed by atoms with van der Waals surface area (Å²) in [6.45, 7) is 1.54. The van der Waals surface area contributed by atoms with E-state index in [-0.39, 0.29) is 27.5 Å². The van der Waals surface area contributed by atoms with Gasteiger partial charge in [-0.15, -0.1) is 0 Å². The number of ether oxygens (including phenoxy) is 1. The molecule has 168 valence electrons. The Kier molecular flexibility index (Phi) is 5.93. The fourth-order valence-electron chi connectivity index (χ4n) is 3.10. The summed E-state index contributed by atoms with van der Waals surface area (Å²) in [4.78, 5) is 31.7. The predicted octanol–water partition coefficient (Wildman–Crippen LogP) is 3.78. The number of rotatable bonds is 6. The Morgan fingerprint density at radius 3 is 2.55 bits per heavy atom. The maximum absolute atomic E-state index is 13.1. The van der Waals surface area contributed by atoms with Crippen LogP contribution in [0.4, 0.5) is 10.1 Å². The predicted molar refractivity (Wildman–Crippen MR) is 120 cm³/mol. The zero-order valence-electron chi connectivity index (χ0n) is 17.3. The Labute approximate surface area is 188 Å². The number of hydrogen-bond donors (Lipinski definition) is 2. The summed E-state index contributed by atoms with van der Waals surface area (Å²) in [7, 11) is -4.03. The molecule has 1 atom stereocenters. The lowest BCUT2D eigenvalue weighted by Crippen LogP contribution is -2.18. The topological polar surface area (TPSA) is 118 Å². The van der Waals surface area contributed by atoms with Crippen LogP contribution in [0.2, 0.25) is 0 Å². The molecule has 0 aliphatic heterocycles. The lowest BCUT2D eigenvalue weighted by molar-refractivity contribution is 0.0319. The van der Waals surface area contributed by atoms with Crippen molar-refractivity contribution in [2.24, 2.45) is 0 Å². The molecule has 4 rings (SSSR count). The fourth-order valence-corrected chi connectivity index (χ4v) is 4.21. The van der Waals surface area contributed by atoms with Crippen molar-refractivity contribution in [1.82, 2.24) is 9.97 Å². The number of hydrogen-bond acceptors (Lipinski definition) is 6. The number of aromatic nitrogens is 2. The van der Waals surface area contributed by atoms with Gasteiger partial charge in [-0.25, -0.2) is 22.6 Å². The maximum atomic E-state index is 13.1. The average Bonchev–Trinajstić information content (AvgIpc) is 2.80. The van der Waals surface area contributed by atoms with Crippen LogP contribution in [0, 0.1) is 5.82 Å². The summed E-state index contributed by atoms with van der Waals surface area (Å²) in [5.74, 6) is -1.13. The van der Waals surface area contributed by atoms with Gasteiger partial charge in [-0.3, -0.25) is 9.52 Å². The highest BCUT2D eigenvalue weighted by Crippen LogP contribution is 2.20. The van der Waals surface area contributed by atoms with Crippen molar-refractivity contribution in [1.29, 1.82) is 0 Å². The second-order valence-electron chi connectivity index (χ2n) is 7.16. The van der Waals surface area contributed by atoms with Gasteiger partial charge in [-0.2, -0.15) is 0 Å². The van der Waals surface area contributed by atoms with Crippen molar-refractivity contribution in [3.05, 3.63) is 100 Å². The van der Waals surface area contributed by atoms with E-state index in [2.05, 4.69) is 14.7 Å². The molecule has 33 heavy (non-hydrogen) atoms. The molecule has 0 fully saturated rings. The standard InChI is InChI=1S/C23H18FN3O5S/c1-14(21-25-20-8-3-2-7-19(20)22(28)26-21)32-23(29)15-5-4-6-18(13-15)33(30,31)27-17-11-9-16(24)10-12-17/h2-14,27H,1H3,(H,25,26,28). The van der Waals surface area contributed by atoms with E-state index in [0.717, 1.165) is 18.2 Å². The molecule has 3 aromatic carbocycles. The highest BCUT2D eigenvalue weighted by atomic mass is 32.2. The van der Waals surface area contributed by atoms with Crippen LogP contribution >= 0.6 is 0 Å². The van der Waals surface area contributed by atoms with Crippen molar-refractivity contribution >= 4 is 32.6 Å². The molecule has 0 aliphatic rings. The minimum atomic E-state index is -4.03. The molecule has 2 N–H and O–H groups in total. The zero-order valence-corrected chi connectivity index (χ0v) is 18.1. The number of anilines is 1. The van der Waals surface area contributed by atoms with Crippen LogP contribution in [0.5, 0.6) is 0 Å². The summed E-state index contributed by atoms with van der Waals surface area (Å²) in [6.07, 6.45) is -0.896. The van der Waals surface area contributed by atoms with Gasteiger partial charge in [-0.05, 0) is 61.5 Å². The SMILES string of the molecule is CC(OC(=O)c1cccc(S(=O)(=O)Nc2ccc(F)cc2)c1)c1nc2ccccc2c(=O)[nH]1. The molecule has 10 heteroatoms. The lowest BCUT2D eigenvalue weighted by Gasteiger charge is -2.14. The molecule has 0 saturated carbocycles. The van der Waals surface area contributed by atoms with Crippen LogP contribution in [-0.4, -0.2) is 24.4 Å². The number of fused-ring (bicyclic) bond motifs is 1. The lowest BCUT2D eigenvalue weighted by atomic mass is 10.2. The van der Waals surface area contributed by atoms with Crippen LogP contribution < -0.4 is 10.3 Å². The molecule has 1 unspecified atom stereocenters. The Balaban J connectivity index is 1.54. The Hall–Kier alpha value is -4.05. The van der Waals surface area contributed by atoms with Crippen molar-refractivity contribution in [2.75, 3.05) is 4.72 Å².